The van der Waals surface area contributed by atoms with Crippen molar-refractivity contribution in [2.75, 3.05) is 7.11 Å². The van der Waals surface area contributed by atoms with Crippen LogP contribution in [0.4, 0.5) is 4.39 Å². The van der Waals surface area contributed by atoms with Gasteiger partial charge in [-0.2, -0.15) is 5.48 Å². The summed E-state index contributed by atoms with van der Waals surface area (Å²) in [5, 5.41) is 2.34. The molecule has 2 rings (SSSR count). The first-order chi connectivity index (χ1) is 13.7. The number of carbonyl (C=O) groups excluding carboxylic acids is 3. The fourth-order valence-electron chi connectivity index (χ4n) is 3.04. The third-order valence-corrected chi connectivity index (χ3v) is 4.53. The van der Waals surface area contributed by atoms with Crippen LogP contribution in [-0.2, 0) is 14.4 Å². The van der Waals surface area contributed by atoms with Gasteiger partial charge in [0.2, 0.25) is 5.91 Å². The third-order valence-electron chi connectivity index (χ3n) is 4.53. The highest BCUT2D eigenvalue weighted by Gasteiger charge is 2.26. The van der Waals surface area contributed by atoms with Crippen LogP contribution in [0.1, 0.15) is 50.4 Å². The molecule has 0 radical (unpaired) electrons. The maximum Gasteiger partial charge on any atom is 0.255 e. The first kappa shape index (κ1) is 22.7. The van der Waals surface area contributed by atoms with Crippen LogP contribution in [0.2, 0.25) is 0 Å². The molecule has 0 fully saturated rings. The predicted molar refractivity (Wildman–Crippen MR) is 105 cm³/mol. The van der Waals surface area contributed by atoms with Gasteiger partial charge in [0.1, 0.15) is 11.6 Å². The van der Waals surface area contributed by atoms with E-state index in [9.17, 15) is 18.8 Å². The minimum Gasteiger partial charge on any atom is -0.496 e. The summed E-state index contributed by atoms with van der Waals surface area (Å²) in [7, 11) is 1.41. The Morgan fingerprint density at radius 1 is 1.31 bits per heavy atom. The lowest BCUT2D eigenvalue weighted by Gasteiger charge is -2.23. The molecule has 8 heteroatoms. The van der Waals surface area contributed by atoms with Crippen molar-refractivity contribution in [1.29, 1.82) is 0 Å². The van der Waals surface area contributed by atoms with Crippen LogP contribution in [0.3, 0.4) is 0 Å². The molecule has 7 nitrogen and oxygen atoms in total. The molecular formula is C21H27FN2O5. The number of methoxy groups -OCH3 is 1. The molecule has 0 saturated heterocycles. The van der Waals surface area contributed by atoms with E-state index in [2.05, 4.69) is 10.8 Å². The third kappa shape index (κ3) is 6.47. The summed E-state index contributed by atoms with van der Waals surface area (Å²) in [6, 6.07) is 3.25. The molecule has 2 unspecified atom stereocenters. The van der Waals surface area contributed by atoms with Gasteiger partial charge in [-0.3, -0.25) is 24.5 Å². The number of hydrogen-bond acceptors (Lipinski definition) is 6. The number of benzene rings is 1. The summed E-state index contributed by atoms with van der Waals surface area (Å²) < 4.78 is 18.8. The number of Topliss-reactive ketones (excluding diaryl/α,β-unsaturated/α-hetero) is 1. The molecule has 2 N–H and O–H groups in total. The Hall–Kier alpha value is -2.58. The topological polar surface area (TPSA) is 93.7 Å². The van der Waals surface area contributed by atoms with Gasteiger partial charge in [0, 0.05) is 18.4 Å². The van der Waals surface area contributed by atoms with Gasteiger partial charge < -0.3 is 4.74 Å². The monoisotopic (exact) mass is 406 g/mol. The van der Waals surface area contributed by atoms with Crippen LogP contribution in [0.25, 0.3) is 0 Å². The van der Waals surface area contributed by atoms with E-state index in [0.717, 1.165) is 6.07 Å². The zero-order chi connectivity index (χ0) is 21.6. The van der Waals surface area contributed by atoms with Crippen LogP contribution < -0.4 is 15.5 Å². The Balaban J connectivity index is 2.27. The molecule has 29 heavy (non-hydrogen) atoms. The van der Waals surface area contributed by atoms with Gasteiger partial charge in [0.15, 0.2) is 5.78 Å². The highest BCUT2D eigenvalue weighted by atomic mass is 19.1. The smallest absolute Gasteiger partial charge is 0.255 e. The Labute approximate surface area is 169 Å². The van der Waals surface area contributed by atoms with Crippen molar-refractivity contribution < 1.29 is 28.3 Å². The molecular weight excluding hydrogens is 379 g/mol. The lowest BCUT2D eigenvalue weighted by molar-refractivity contribution is -0.129. The Morgan fingerprint density at radius 2 is 2.03 bits per heavy atom. The number of ether oxygens (including phenoxy) is 1. The average Bonchev–Trinajstić information content (AvgIpc) is 2.66. The van der Waals surface area contributed by atoms with Crippen molar-refractivity contribution in [2.45, 2.75) is 52.2 Å². The van der Waals surface area contributed by atoms with Gasteiger partial charge in [-0.1, -0.05) is 6.08 Å². The molecule has 2 atom stereocenters. The van der Waals surface area contributed by atoms with Crippen molar-refractivity contribution in [2.24, 2.45) is 5.92 Å². The van der Waals surface area contributed by atoms with Crippen molar-refractivity contribution in [3.63, 3.8) is 0 Å². The summed E-state index contributed by atoms with van der Waals surface area (Å²) >= 11 is 0. The fourth-order valence-corrected chi connectivity index (χ4v) is 3.04. The summed E-state index contributed by atoms with van der Waals surface area (Å²) in [4.78, 5) is 42.6. The van der Waals surface area contributed by atoms with Gasteiger partial charge >= 0.3 is 0 Å². The lowest BCUT2D eigenvalue weighted by atomic mass is 9.89. The van der Waals surface area contributed by atoms with Crippen LogP contribution in [-0.4, -0.2) is 36.9 Å². The van der Waals surface area contributed by atoms with Gasteiger partial charge in [0.05, 0.1) is 24.8 Å². The van der Waals surface area contributed by atoms with Gasteiger partial charge in [-0.25, -0.2) is 4.39 Å². The van der Waals surface area contributed by atoms with Crippen LogP contribution in [0.5, 0.6) is 5.75 Å². The van der Waals surface area contributed by atoms with E-state index in [1.54, 1.807) is 13.0 Å². The number of hydrogen-bond donors (Lipinski definition) is 2. The standard InChI is InChI=1S/C21H27FN2O5/c1-12(2)29-24-13(3)16-9-14(5-8-20(26)23-21(16)27)10-18(25)17-11-15(22)6-7-19(17)28-4/h6-7,9,11-14,24H,5,8,10H2,1-4H3,(H,23,26,27)/b16-9-. The number of hydroxylamine groups is 1. The van der Waals surface area contributed by atoms with E-state index in [1.165, 1.54) is 19.2 Å². The molecule has 1 aliphatic heterocycles. The Bertz CT molecular complexity index is 806. The van der Waals surface area contributed by atoms with Gasteiger partial charge in [-0.15, -0.1) is 0 Å². The second kappa shape index (κ2) is 10.3. The first-order valence-electron chi connectivity index (χ1n) is 9.55. The number of rotatable bonds is 8. The largest absolute Gasteiger partial charge is 0.496 e. The predicted octanol–water partition coefficient (Wildman–Crippen LogP) is 2.70. The number of carbonyl (C=O) groups is 3. The van der Waals surface area contributed by atoms with Crippen molar-refractivity contribution >= 4 is 17.6 Å². The quantitative estimate of drug-likeness (QED) is 0.392. The van der Waals surface area contributed by atoms with Crippen molar-refractivity contribution in [3.05, 3.63) is 41.2 Å². The summed E-state index contributed by atoms with van der Waals surface area (Å²) in [6.07, 6.45) is 2.09. The zero-order valence-corrected chi connectivity index (χ0v) is 17.1. The number of ketones is 1. The molecule has 0 aromatic heterocycles. The highest BCUT2D eigenvalue weighted by molar-refractivity contribution is 6.05. The van der Waals surface area contributed by atoms with Gasteiger partial charge in [0.25, 0.3) is 5.91 Å². The van der Waals surface area contributed by atoms with Crippen molar-refractivity contribution in [1.82, 2.24) is 10.8 Å². The minimum atomic E-state index is -0.541. The summed E-state index contributed by atoms with van der Waals surface area (Å²) in [5.41, 5.74) is 3.22. The van der Waals surface area contributed by atoms with E-state index in [4.69, 9.17) is 9.57 Å². The fraction of sp³-hybridized carbons (Fsp3) is 0.476. The maximum atomic E-state index is 13.6. The molecule has 1 aromatic carbocycles. The number of amides is 2. The first-order valence-corrected chi connectivity index (χ1v) is 9.55. The molecule has 0 spiro atoms. The van der Waals surface area contributed by atoms with E-state index in [1.807, 2.05) is 13.8 Å². The second-order valence-corrected chi connectivity index (χ2v) is 7.28. The second-order valence-electron chi connectivity index (χ2n) is 7.28. The molecule has 0 aliphatic carbocycles. The van der Waals surface area contributed by atoms with E-state index in [-0.39, 0.29) is 42.0 Å². The number of imide groups is 1. The normalized spacial score (nSPS) is 20.3. The Morgan fingerprint density at radius 3 is 2.69 bits per heavy atom. The van der Waals surface area contributed by atoms with Crippen molar-refractivity contribution in [3.8, 4) is 5.75 Å². The molecule has 1 aromatic rings. The van der Waals surface area contributed by atoms with E-state index in [0.29, 0.717) is 12.0 Å². The number of allylic oxidation sites excluding steroid dienone is 1. The van der Waals surface area contributed by atoms with E-state index >= 15 is 0 Å². The molecule has 1 heterocycles. The van der Waals surface area contributed by atoms with Crippen LogP contribution >= 0.6 is 0 Å². The SMILES string of the molecule is COc1ccc(F)cc1C(=O)CC1/C=C(/C(C)NOC(C)C)C(=O)NC(=O)CC1. The molecule has 0 saturated carbocycles. The zero-order valence-electron chi connectivity index (χ0n) is 17.1. The lowest BCUT2D eigenvalue weighted by Crippen LogP contribution is -2.41. The minimum absolute atomic E-state index is 0.0155. The molecule has 0 bridgehead atoms. The van der Waals surface area contributed by atoms with Crippen LogP contribution in [0.15, 0.2) is 29.8 Å². The maximum absolute atomic E-state index is 13.6. The summed E-state index contributed by atoms with van der Waals surface area (Å²) in [6.45, 7) is 5.40. The summed E-state index contributed by atoms with van der Waals surface area (Å²) in [5.74, 6) is -1.89. The molecule has 158 valence electrons. The van der Waals surface area contributed by atoms with E-state index < -0.39 is 23.7 Å². The Kier molecular flexibility index (Phi) is 8.04. The van der Waals surface area contributed by atoms with Crippen LogP contribution in [0, 0.1) is 11.7 Å². The highest BCUT2D eigenvalue weighted by Crippen LogP contribution is 2.26. The number of nitrogens with one attached hydrogen (secondary N) is 2. The van der Waals surface area contributed by atoms with Gasteiger partial charge in [-0.05, 0) is 51.3 Å². The number of halogens is 1. The molecule has 2 amide bonds. The molecule has 1 aliphatic rings. The average molecular weight is 406 g/mol.